The summed E-state index contributed by atoms with van der Waals surface area (Å²) in [6, 6.07) is 4.70. The number of benzene rings is 1. The minimum atomic E-state index is -0.252. The van der Waals surface area contributed by atoms with Gasteiger partial charge in [0, 0.05) is 17.9 Å². The highest BCUT2D eigenvalue weighted by atomic mass is 19.1. The molecule has 3 nitrogen and oxygen atoms in total. The Hall–Kier alpha value is -1.71. The normalized spacial score (nSPS) is 20.3. The van der Waals surface area contributed by atoms with Crippen LogP contribution in [0.15, 0.2) is 28.4 Å². The minimum absolute atomic E-state index is 0.179. The van der Waals surface area contributed by atoms with Crippen LogP contribution in [0.2, 0.25) is 0 Å². The molecule has 0 amide bonds. The van der Waals surface area contributed by atoms with Crippen LogP contribution < -0.4 is 5.73 Å². The second-order valence-corrected chi connectivity index (χ2v) is 4.14. The molecule has 1 aliphatic rings. The van der Waals surface area contributed by atoms with E-state index in [2.05, 4.69) is 10.2 Å². The molecule has 16 heavy (non-hydrogen) atoms. The van der Waals surface area contributed by atoms with Crippen molar-refractivity contribution in [2.24, 2.45) is 21.9 Å². The minimum Gasteiger partial charge on any atom is -0.386 e. The van der Waals surface area contributed by atoms with Crippen LogP contribution >= 0.6 is 0 Å². The summed E-state index contributed by atoms with van der Waals surface area (Å²) in [4.78, 5) is 0. The zero-order valence-corrected chi connectivity index (χ0v) is 9.37. The summed E-state index contributed by atoms with van der Waals surface area (Å²) in [6.45, 7) is 3.95. The summed E-state index contributed by atoms with van der Waals surface area (Å²) < 4.78 is 13.2. The zero-order valence-electron chi connectivity index (χ0n) is 9.37. The lowest BCUT2D eigenvalue weighted by atomic mass is 9.92. The van der Waals surface area contributed by atoms with E-state index in [1.807, 2.05) is 13.8 Å². The molecule has 0 saturated carbocycles. The van der Waals surface area contributed by atoms with Crippen LogP contribution in [0, 0.1) is 18.7 Å². The van der Waals surface area contributed by atoms with Crippen molar-refractivity contribution in [1.29, 1.82) is 0 Å². The van der Waals surface area contributed by atoms with Crippen LogP contribution in [-0.2, 0) is 0 Å². The van der Waals surface area contributed by atoms with E-state index < -0.39 is 0 Å². The lowest BCUT2D eigenvalue weighted by Gasteiger charge is -2.18. The number of hydrogen-bond donors (Lipinski definition) is 1. The quantitative estimate of drug-likeness (QED) is 0.773. The number of rotatable bonds is 1. The summed E-state index contributed by atoms with van der Waals surface area (Å²) >= 11 is 0. The number of halogens is 1. The molecule has 1 aliphatic heterocycles. The van der Waals surface area contributed by atoms with E-state index in [1.165, 1.54) is 12.1 Å². The molecular formula is C12H14FN3. The van der Waals surface area contributed by atoms with Gasteiger partial charge in [0.1, 0.15) is 11.7 Å². The van der Waals surface area contributed by atoms with Crippen molar-refractivity contribution in [2.45, 2.75) is 20.3 Å². The van der Waals surface area contributed by atoms with E-state index in [9.17, 15) is 4.39 Å². The Bertz CT molecular complexity index is 477. The molecule has 0 aromatic heterocycles. The van der Waals surface area contributed by atoms with Gasteiger partial charge >= 0.3 is 0 Å². The van der Waals surface area contributed by atoms with Gasteiger partial charge in [-0.15, -0.1) is 5.10 Å². The van der Waals surface area contributed by atoms with Crippen molar-refractivity contribution in [2.75, 3.05) is 0 Å². The fourth-order valence-corrected chi connectivity index (χ4v) is 1.86. The highest BCUT2D eigenvalue weighted by molar-refractivity contribution is 6.06. The van der Waals surface area contributed by atoms with Crippen LogP contribution in [0.4, 0.5) is 4.39 Å². The summed E-state index contributed by atoms with van der Waals surface area (Å²) in [7, 11) is 0. The molecule has 0 aliphatic carbocycles. The van der Waals surface area contributed by atoms with Gasteiger partial charge in [0.05, 0.1) is 5.71 Å². The Kier molecular flexibility index (Phi) is 2.73. The van der Waals surface area contributed by atoms with Crippen LogP contribution in [0.5, 0.6) is 0 Å². The predicted molar refractivity (Wildman–Crippen MR) is 63.1 cm³/mol. The van der Waals surface area contributed by atoms with Crippen molar-refractivity contribution >= 4 is 11.5 Å². The van der Waals surface area contributed by atoms with Gasteiger partial charge in [-0.3, -0.25) is 0 Å². The first-order valence-corrected chi connectivity index (χ1v) is 5.24. The zero-order chi connectivity index (χ0) is 11.7. The van der Waals surface area contributed by atoms with Crippen molar-refractivity contribution < 1.29 is 4.39 Å². The highest BCUT2D eigenvalue weighted by Crippen LogP contribution is 2.20. The van der Waals surface area contributed by atoms with E-state index in [0.717, 1.165) is 16.8 Å². The molecule has 1 aromatic rings. The maximum atomic E-state index is 13.2. The molecule has 1 heterocycles. The molecule has 1 aromatic carbocycles. The third kappa shape index (κ3) is 1.96. The summed E-state index contributed by atoms with van der Waals surface area (Å²) in [5, 5.41) is 7.95. The van der Waals surface area contributed by atoms with Gasteiger partial charge < -0.3 is 5.73 Å². The highest BCUT2D eigenvalue weighted by Gasteiger charge is 2.20. The third-order valence-electron chi connectivity index (χ3n) is 2.74. The lowest BCUT2D eigenvalue weighted by molar-refractivity contribution is 0.626. The fourth-order valence-electron chi connectivity index (χ4n) is 1.86. The number of nitrogens with zero attached hydrogens (tertiary/aromatic N) is 2. The first kappa shape index (κ1) is 10.8. The number of amidine groups is 1. The van der Waals surface area contributed by atoms with E-state index in [1.54, 1.807) is 6.07 Å². The Morgan fingerprint density at radius 3 is 2.81 bits per heavy atom. The Morgan fingerprint density at radius 2 is 2.12 bits per heavy atom. The van der Waals surface area contributed by atoms with Gasteiger partial charge in [0.15, 0.2) is 0 Å². The molecule has 0 bridgehead atoms. The Morgan fingerprint density at radius 1 is 1.38 bits per heavy atom. The van der Waals surface area contributed by atoms with Gasteiger partial charge in [-0.25, -0.2) is 4.39 Å². The third-order valence-corrected chi connectivity index (χ3v) is 2.74. The molecule has 2 N–H and O–H groups in total. The smallest absolute Gasteiger partial charge is 0.123 e. The second kappa shape index (κ2) is 4.04. The molecule has 4 heteroatoms. The summed E-state index contributed by atoms with van der Waals surface area (Å²) in [5.74, 6) is 0.460. The Balaban J connectivity index is 2.48. The number of aryl methyl sites for hydroxylation is 1. The molecule has 0 spiro atoms. The molecule has 1 unspecified atom stereocenters. The van der Waals surface area contributed by atoms with E-state index in [-0.39, 0.29) is 11.7 Å². The second-order valence-electron chi connectivity index (χ2n) is 4.14. The number of hydrogen-bond acceptors (Lipinski definition) is 3. The van der Waals surface area contributed by atoms with Gasteiger partial charge in [-0.1, -0.05) is 13.0 Å². The van der Waals surface area contributed by atoms with Crippen molar-refractivity contribution in [3.63, 3.8) is 0 Å². The molecule has 0 fully saturated rings. The average Bonchev–Trinajstić information content (AvgIpc) is 2.22. The molecule has 84 valence electrons. The first-order chi connectivity index (χ1) is 7.58. The van der Waals surface area contributed by atoms with E-state index in [0.29, 0.717) is 12.3 Å². The fraction of sp³-hybridized carbons (Fsp3) is 0.333. The monoisotopic (exact) mass is 219 g/mol. The maximum Gasteiger partial charge on any atom is 0.123 e. The van der Waals surface area contributed by atoms with Crippen molar-refractivity contribution in [1.82, 2.24) is 0 Å². The van der Waals surface area contributed by atoms with Crippen LogP contribution in [-0.4, -0.2) is 11.5 Å². The predicted octanol–water partition coefficient (Wildman–Crippen LogP) is 2.24. The average molecular weight is 219 g/mol. The molecule has 0 radical (unpaired) electrons. The number of nitrogens with two attached hydrogens (primary N) is 1. The van der Waals surface area contributed by atoms with Crippen LogP contribution in [0.25, 0.3) is 0 Å². The largest absolute Gasteiger partial charge is 0.386 e. The topological polar surface area (TPSA) is 50.7 Å². The molecule has 0 saturated heterocycles. The van der Waals surface area contributed by atoms with Gasteiger partial charge in [0.25, 0.3) is 0 Å². The van der Waals surface area contributed by atoms with Gasteiger partial charge in [0.2, 0.25) is 0 Å². The van der Waals surface area contributed by atoms with E-state index >= 15 is 0 Å². The van der Waals surface area contributed by atoms with Crippen LogP contribution in [0.1, 0.15) is 24.5 Å². The molecular weight excluding hydrogens is 205 g/mol. The van der Waals surface area contributed by atoms with Crippen LogP contribution in [0.3, 0.4) is 0 Å². The standard InChI is InChI=1S/C12H14FN3/c1-7-3-4-9(13)6-10(7)12-8(2)5-11(14)15-16-12/h3-4,6,8H,5H2,1-2H3,(H2,14,15). The summed E-state index contributed by atoms with van der Waals surface area (Å²) in [6.07, 6.45) is 0.675. The van der Waals surface area contributed by atoms with Gasteiger partial charge in [-0.05, 0) is 24.6 Å². The SMILES string of the molecule is Cc1ccc(F)cc1C1=NN=C(N)CC1C. The van der Waals surface area contributed by atoms with E-state index in [4.69, 9.17) is 5.73 Å². The maximum absolute atomic E-state index is 13.2. The Labute approximate surface area is 93.9 Å². The summed E-state index contributed by atoms with van der Waals surface area (Å²) in [5.41, 5.74) is 8.24. The van der Waals surface area contributed by atoms with Gasteiger partial charge in [-0.2, -0.15) is 5.10 Å². The molecule has 1 atom stereocenters. The first-order valence-electron chi connectivity index (χ1n) is 5.24. The van der Waals surface area contributed by atoms with Crippen molar-refractivity contribution in [3.05, 3.63) is 35.1 Å². The molecule has 2 rings (SSSR count). The lowest BCUT2D eigenvalue weighted by Crippen LogP contribution is -2.25. The van der Waals surface area contributed by atoms with Crippen molar-refractivity contribution in [3.8, 4) is 0 Å².